The van der Waals surface area contributed by atoms with Crippen molar-refractivity contribution in [2.45, 2.75) is 31.7 Å². The number of carbonyl (C=O) groups is 1. The number of amides is 1. The number of likely N-dealkylation sites (tertiary alicyclic amines) is 1. The van der Waals surface area contributed by atoms with Crippen LogP contribution in [0.3, 0.4) is 0 Å². The molecule has 2 heterocycles. The van der Waals surface area contributed by atoms with Gasteiger partial charge in [-0.05, 0) is 69.0 Å². The lowest BCUT2D eigenvalue weighted by Crippen LogP contribution is -2.46. The average molecular weight is 402 g/mol. The second-order valence-electron chi connectivity index (χ2n) is 7.01. The third kappa shape index (κ3) is 6.62. The fourth-order valence-corrected chi connectivity index (χ4v) is 3.75. The molecule has 2 saturated heterocycles. The van der Waals surface area contributed by atoms with Crippen LogP contribution in [0.2, 0.25) is 5.02 Å². The van der Waals surface area contributed by atoms with Crippen molar-refractivity contribution in [3.63, 3.8) is 0 Å². The van der Waals surface area contributed by atoms with Gasteiger partial charge in [-0.3, -0.25) is 9.69 Å². The van der Waals surface area contributed by atoms with Crippen LogP contribution in [0.15, 0.2) is 24.3 Å². The summed E-state index contributed by atoms with van der Waals surface area (Å²) in [4.78, 5) is 14.5. The maximum atomic E-state index is 12.1. The number of rotatable bonds is 7. The van der Waals surface area contributed by atoms with Crippen molar-refractivity contribution in [1.82, 2.24) is 15.5 Å². The van der Waals surface area contributed by atoms with Gasteiger partial charge in [-0.1, -0.05) is 11.6 Å². The van der Waals surface area contributed by atoms with Gasteiger partial charge in [0.15, 0.2) is 0 Å². The smallest absolute Gasteiger partial charge is 0.237 e. The molecule has 0 aliphatic carbocycles. The van der Waals surface area contributed by atoms with Gasteiger partial charge in [-0.2, -0.15) is 0 Å². The molecule has 3 rings (SSSR count). The topological polar surface area (TPSA) is 53.6 Å². The largest absolute Gasteiger partial charge is 0.492 e. The van der Waals surface area contributed by atoms with Gasteiger partial charge in [-0.25, -0.2) is 0 Å². The van der Waals surface area contributed by atoms with Gasteiger partial charge in [0, 0.05) is 24.7 Å². The number of carbonyl (C=O) groups excluding carboxylic acids is 1. The van der Waals surface area contributed by atoms with Crippen LogP contribution in [-0.4, -0.2) is 56.2 Å². The zero-order valence-electron chi connectivity index (χ0n) is 15.1. The quantitative estimate of drug-likeness (QED) is 0.737. The molecule has 146 valence electrons. The van der Waals surface area contributed by atoms with E-state index in [0.29, 0.717) is 12.5 Å². The Hall–Kier alpha value is -1.01. The van der Waals surface area contributed by atoms with E-state index in [1.54, 1.807) is 0 Å². The zero-order chi connectivity index (χ0) is 17.5. The Kier molecular flexibility index (Phi) is 8.99. The van der Waals surface area contributed by atoms with E-state index in [9.17, 15) is 4.79 Å². The van der Waals surface area contributed by atoms with Crippen LogP contribution in [0, 0.1) is 5.92 Å². The van der Waals surface area contributed by atoms with Crippen LogP contribution in [-0.2, 0) is 4.79 Å². The van der Waals surface area contributed by atoms with Gasteiger partial charge in [-0.15, -0.1) is 12.4 Å². The summed E-state index contributed by atoms with van der Waals surface area (Å²) < 4.78 is 5.79. The number of nitrogens with one attached hydrogen (secondary N) is 2. The number of benzene rings is 1. The van der Waals surface area contributed by atoms with Crippen molar-refractivity contribution in [2.75, 3.05) is 39.3 Å². The Morgan fingerprint density at radius 1 is 1.27 bits per heavy atom. The Morgan fingerprint density at radius 3 is 2.81 bits per heavy atom. The molecule has 0 spiro atoms. The van der Waals surface area contributed by atoms with E-state index in [0.717, 1.165) is 56.3 Å². The van der Waals surface area contributed by atoms with Gasteiger partial charge in [0.05, 0.1) is 6.04 Å². The van der Waals surface area contributed by atoms with Crippen molar-refractivity contribution >= 4 is 29.9 Å². The first-order valence-corrected chi connectivity index (χ1v) is 9.70. The fraction of sp³-hybridized carbons (Fsp3) is 0.632. The number of hydrogen-bond acceptors (Lipinski definition) is 4. The first-order valence-electron chi connectivity index (χ1n) is 9.32. The Labute approximate surface area is 167 Å². The predicted octanol–water partition coefficient (Wildman–Crippen LogP) is 2.72. The van der Waals surface area contributed by atoms with Gasteiger partial charge < -0.3 is 15.4 Å². The minimum atomic E-state index is 0. The van der Waals surface area contributed by atoms with Crippen molar-refractivity contribution in [3.8, 4) is 5.75 Å². The minimum absolute atomic E-state index is 0. The molecule has 7 heteroatoms. The molecule has 2 aliphatic rings. The van der Waals surface area contributed by atoms with Crippen LogP contribution in [0.25, 0.3) is 0 Å². The first kappa shape index (κ1) is 21.3. The van der Waals surface area contributed by atoms with E-state index < -0.39 is 0 Å². The summed E-state index contributed by atoms with van der Waals surface area (Å²) in [7, 11) is 0. The zero-order valence-corrected chi connectivity index (χ0v) is 16.7. The lowest BCUT2D eigenvalue weighted by molar-refractivity contribution is -0.123. The van der Waals surface area contributed by atoms with Crippen molar-refractivity contribution in [2.24, 2.45) is 5.92 Å². The molecule has 0 saturated carbocycles. The molecular weight excluding hydrogens is 373 g/mol. The highest BCUT2D eigenvalue weighted by molar-refractivity contribution is 6.30. The lowest BCUT2D eigenvalue weighted by atomic mass is 9.98. The van der Waals surface area contributed by atoms with Crippen LogP contribution < -0.4 is 15.4 Å². The van der Waals surface area contributed by atoms with Crippen molar-refractivity contribution in [1.29, 1.82) is 0 Å². The number of halogens is 2. The summed E-state index contributed by atoms with van der Waals surface area (Å²) in [6.45, 7) is 5.47. The molecule has 0 aromatic heterocycles. The molecule has 2 unspecified atom stereocenters. The van der Waals surface area contributed by atoms with Crippen molar-refractivity contribution in [3.05, 3.63) is 29.3 Å². The highest BCUT2D eigenvalue weighted by Crippen LogP contribution is 2.17. The average Bonchev–Trinajstić information content (AvgIpc) is 3.17. The van der Waals surface area contributed by atoms with E-state index in [1.165, 1.54) is 12.8 Å². The van der Waals surface area contributed by atoms with Crippen LogP contribution in [0.4, 0.5) is 0 Å². The lowest BCUT2D eigenvalue weighted by Gasteiger charge is -2.32. The molecule has 0 radical (unpaired) electrons. The Morgan fingerprint density at radius 2 is 2.08 bits per heavy atom. The van der Waals surface area contributed by atoms with Crippen LogP contribution in [0.1, 0.15) is 25.7 Å². The molecule has 2 fully saturated rings. The number of nitrogens with zero attached hydrogens (tertiary/aromatic N) is 1. The van der Waals surface area contributed by atoms with Gasteiger partial charge in [0.2, 0.25) is 5.91 Å². The molecule has 1 amide bonds. The molecular formula is C19H29Cl2N3O2. The van der Waals surface area contributed by atoms with Gasteiger partial charge >= 0.3 is 0 Å². The Bertz CT molecular complexity index is 550. The summed E-state index contributed by atoms with van der Waals surface area (Å²) in [5, 5.41) is 7.11. The minimum Gasteiger partial charge on any atom is -0.492 e. The molecule has 5 nitrogen and oxygen atoms in total. The summed E-state index contributed by atoms with van der Waals surface area (Å²) >= 11 is 5.88. The molecule has 1 aromatic carbocycles. The number of piperidine rings is 1. The first-order chi connectivity index (χ1) is 12.2. The van der Waals surface area contributed by atoms with Crippen LogP contribution in [0.5, 0.6) is 5.75 Å². The number of hydrogen-bond donors (Lipinski definition) is 2. The van der Waals surface area contributed by atoms with E-state index in [2.05, 4.69) is 15.5 Å². The van der Waals surface area contributed by atoms with E-state index in [1.807, 2.05) is 24.3 Å². The monoisotopic (exact) mass is 401 g/mol. The summed E-state index contributed by atoms with van der Waals surface area (Å²) in [5.74, 6) is 1.56. The summed E-state index contributed by atoms with van der Waals surface area (Å²) in [6, 6.07) is 7.50. The van der Waals surface area contributed by atoms with E-state index in [4.69, 9.17) is 16.3 Å². The molecule has 2 atom stereocenters. The third-order valence-electron chi connectivity index (χ3n) is 5.03. The molecule has 2 aliphatic heterocycles. The van der Waals surface area contributed by atoms with E-state index >= 15 is 0 Å². The van der Waals surface area contributed by atoms with E-state index in [-0.39, 0.29) is 24.4 Å². The van der Waals surface area contributed by atoms with Gasteiger partial charge in [0.1, 0.15) is 12.4 Å². The number of ether oxygens (including phenoxy) is 1. The standard InChI is InChI=1S/C19H28ClN3O2.ClH/c20-16-5-7-17(8-6-16)25-12-11-23-10-2-3-15(14-23)13-22-19(24)18-4-1-9-21-18;/h5-8,15,18,21H,1-4,9-14H2,(H,22,24);1H. The normalized spacial score (nSPS) is 23.3. The van der Waals surface area contributed by atoms with Crippen molar-refractivity contribution < 1.29 is 9.53 Å². The van der Waals surface area contributed by atoms with Crippen LogP contribution >= 0.6 is 24.0 Å². The Balaban J connectivity index is 0.00000243. The second-order valence-corrected chi connectivity index (χ2v) is 7.44. The highest BCUT2D eigenvalue weighted by atomic mass is 35.5. The van der Waals surface area contributed by atoms with Gasteiger partial charge in [0.25, 0.3) is 0 Å². The second kappa shape index (κ2) is 11.0. The fourth-order valence-electron chi connectivity index (χ4n) is 3.62. The maximum Gasteiger partial charge on any atom is 0.237 e. The highest BCUT2D eigenvalue weighted by Gasteiger charge is 2.24. The molecule has 2 N–H and O–H groups in total. The molecule has 26 heavy (non-hydrogen) atoms. The molecule has 0 bridgehead atoms. The summed E-state index contributed by atoms with van der Waals surface area (Å²) in [5.41, 5.74) is 0. The third-order valence-corrected chi connectivity index (χ3v) is 5.29. The predicted molar refractivity (Wildman–Crippen MR) is 107 cm³/mol. The SMILES string of the molecule is Cl.O=C(NCC1CCCN(CCOc2ccc(Cl)cc2)C1)C1CCCN1. The molecule has 1 aromatic rings. The maximum absolute atomic E-state index is 12.1. The summed E-state index contributed by atoms with van der Waals surface area (Å²) in [6.07, 6.45) is 4.43.